The van der Waals surface area contributed by atoms with E-state index in [0.717, 1.165) is 11.1 Å². The van der Waals surface area contributed by atoms with Gasteiger partial charge in [-0.25, -0.2) is 12.7 Å². The van der Waals surface area contributed by atoms with E-state index in [-0.39, 0.29) is 5.75 Å². The van der Waals surface area contributed by atoms with Crippen LogP contribution in [0.5, 0.6) is 0 Å². The van der Waals surface area contributed by atoms with Crippen LogP contribution in [-0.2, 0) is 22.3 Å². The van der Waals surface area contributed by atoms with Gasteiger partial charge in [0.15, 0.2) is 0 Å². The molecule has 0 bridgehead atoms. The average molecular weight is 228 g/mol. The fraction of sp³-hybridized carbons (Fsp3) is 0.400. The molecule has 0 radical (unpaired) electrons. The zero-order valence-corrected chi connectivity index (χ0v) is 9.79. The maximum Gasteiger partial charge on any atom is 0.217 e. The van der Waals surface area contributed by atoms with E-state index in [0.29, 0.717) is 6.54 Å². The molecule has 1 rings (SSSR count). The fourth-order valence-electron chi connectivity index (χ4n) is 1.19. The third-order valence-corrected chi connectivity index (χ3v) is 3.94. The van der Waals surface area contributed by atoms with Crippen LogP contribution in [0.1, 0.15) is 11.1 Å². The van der Waals surface area contributed by atoms with Gasteiger partial charge < -0.3 is 5.73 Å². The van der Waals surface area contributed by atoms with Crippen LogP contribution in [0, 0.1) is 0 Å². The Hall–Kier alpha value is -0.910. The molecule has 0 atom stereocenters. The van der Waals surface area contributed by atoms with Gasteiger partial charge in [0, 0.05) is 20.6 Å². The monoisotopic (exact) mass is 228 g/mol. The molecule has 0 amide bonds. The van der Waals surface area contributed by atoms with Crippen molar-refractivity contribution in [3.63, 3.8) is 0 Å². The van der Waals surface area contributed by atoms with Gasteiger partial charge in [0.2, 0.25) is 10.0 Å². The highest BCUT2D eigenvalue weighted by molar-refractivity contribution is 7.88. The van der Waals surface area contributed by atoms with Crippen molar-refractivity contribution in [3.05, 3.63) is 35.4 Å². The lowest BCUT2D eigenvalue weighted by Gasteiger charge is -2.11. The summed E-state index contributed by atoms with van der Waals surface area (Å²) in [6, 6.07) is 7.32. The molecule has 0 heterocycles. The molecule has 15 heavy (non-hydrogen) atoms. The molecule has 0 fully saturated rings. The maximum absolute atomic E-state index is 11.6. The lowest BCUT2D eigenvalue weighted by molar-refractivity contribution is 0.519. The molecule has 0 aromatic heterocycles. The third kappa shape index (κ3) is 3.30. The molecule has 1 aromatic rings. The van der Waals surface area contributed by atoms with Crippen LogP contribution in [0.15, 0.2) is 24.3 Å². The molecule has 0 aliphatic rings. The van der Waals surface area contributed by atoms with Crippen LogP contribution in [0.2, 0.25) is 0 Å². The Morgan fingerprint density at radius 3 is 2.40 bits per heavy atom. The third-order valence-electron chi connectivity index (χ3n) is 2.13. The van der Waals surface area contributed by atoms with Crippen molar-refractivity contribution in [1.82, 2.24) is 4.31 Å². The van der Waals surface area contributed by atoms with E-state index in [1.165, 1.54) is 18.4 Å². The van der Waals surface area contributed by atoms with Crippen molar-refractivity contribution >= 4 is 10.0 Å². The highest BCUT2D eigenvalue weighted by Crippen LogP contribution is 2.10. The summed E-state index contributed by atoms with van der Waals surface area (Å²) >= 11 is 0. The second kappa shape index (κ2) is 4.74. The Balaban J connectivity index is 2.90. The lowest BCUT2D eigenvalue weighted by atomic mass is 10.1. The summed E-state index contributed by atoms with van der Waals surface area (Å²) in [4.78, 5) is 0. The Bertz CT molecular complexity index is 427. The van der Waals surface area contributed by atoms with Gasteiger partial charge in [0.1, 0.15) is 0 Å². The van der Waals surface area contributed by atoms with Crippen molar-refractivity contribution in [2.45, 2.75) is 12.3 Å². The number of hydrogen-bond acceptors (Lipinski definition) is 3. The molecule has 0 unspecified atom stereocenters. The molecule has 0 saturated heterocycles. The Morgan fingerprint density at radius 2 is 1.87 bits per heavy atom. The van der Waals surface area contributed by atoms with E-state index in [9.17, 15) is 8.42 Å². The van der Waals surface area contributed by atoms with Crippen molar-refractivity contribution in [1.29, 1.82) is 0 Å². The number of hydrogen-bond donors (Lipinski definition) is 1. The number of nitrogens with zero attached hydrogens (tertiary/aromatic N) is 1. The van der Waals surface area contributed by atoms with E-state index < -0.39 is 10.0 Å². The Kier molecular flexibility index (Phi) is 3.84. The van der Waals surface area contributed by atoms with Crippen molar-refractivity contribution in [3.8, 4) is 0 Å². The van der Waals surface area contributed by atoms with Crippen LogP contribution < -0.4 is 5.73 Å². The van der Waals surface area contributed by atoms with Gasteiger partial charge in [-0.15, -0.1) is 0 Å². The van der Waals surface area contributed by atoms with E-state index >= 15 is 0 Å². The summed E-state index contributed by atoms with van der Waals surface area (Å²) in [5, 5.41) is 0. The molecule has 84 valence electrons. The molecule has 2 N–H and O–H groups in total. The minimum atomic E-state index is -3.18. The van der Waals surface area contributed by atoms with Gasteiger partial charge in [-0.2, -0.15) is 0 Å². The minimum absolute atomic E-state index is 0.0217. The summed E-state index contributed by atoms with van der Waals surface area (Å²) in [6.45, 7) is 0.426. The topological polar surface area (TPSA) is 63.4 Å². The molecular formula is C10H16N2O2S. The predicted molar refractivity (Wildman–Crippen MR) is 60.6 cm³/mol. The molecule has 0 aliphatic heterocycles. The maximum atomic E-state index is 11.6. The largest absolute Gasteiger partial charge is 0.326 e. The van der Waals surface area contributed by atoms with Gasteiger partial charge >= 0.3 is 0 Å². The molecule has 0 saturated carbocycles. The summed E-state index contributed by atoms with van der Waals surface area (Å²) in [6.07, 6.45) is 0. The first kappa shape index (κ1) is 12.2. The number of benzene rings is 1. The molecule has 5 heteroatoms. The van der Waals surface area contributed by atoms with E-state index in [1.54, 1.807) is 6.07 Å². The Morgan fingerprint density at radius 1 is 1.27 bits per heavy atom. The van der Waals surface area contributed by atoms with Gasteiger partial charge in [0.25, 0.3) is 0 Å². The number of sulfonamides is 1. The van der Waals surface area contributed by atoms with Crippen LogP contribution in [0.4, 0.5) is 0 Å². The van der Waals surface area contributed by atoms with Crippen LogP contribution in [0.25, 0.3) is 0 Å². The first-order valence-electron chi connectivity index (χ1n) is 4.64. The highest BCUT2D eigenvalue weighted by Gasteiger charge is 2.14. The molecular weight excluding hydrogens is 212 g/mol. The Labute approximate surface area is 90.8 Å². The first-order valence-corrected chi connectivity index (χ1v) is 6.24. The highest BCUT2D eigenvalue weighted by atomic mass is 32.2. The number of nitrogens with two attached hydrogens (primary N) is 1. The van der Waals surface area contributed by atoms with Crippen molar-refractivity contribution in [2.75, 3.05) is 14.1 Å². The van der Waals surface area contributed by atoms with Crippen LogP contribution >= 0.6 is 0 Å². The zero-order chi connectivity index (χ0) is 11.5. The zero-order valence-electron chi connectivity index (χ0n) is 8.97. The van der Waals surface area contributed by atoms with Gasteiger partial charge in [-0.1, -0.05) is 24.3 Å². The van der Waals surface area contributed by atoms with Crippen molar-refractivity contribution in [2.24, 2.45) is 5.73 Å². The SMILES string of the molecule is CN(C)S(=O)(=O)Cc1cccc(CN)c1. The van der Waals surface area contributed by atoms with Crippen molar-refractivity contribution < 1.29 is 8.42 Å². The average Bonchev–Trinajstić information content (AvgIpc) is 2.17. The minimum Gasteiger partial charge on any atom is -0.326 e. The normalized spacial score (nSPS) is 12.0. The first-order chi connectivity index (χ1) is 6.95. The molecule has 1 aromatic carbocycles. The van der Waals surface area contributed by atoms with Gasteiger partial charge in [0.05, 0.1) is 5.75 Å². The summed E-state index contributed by atoms with van der Waals surface area (Å²) in [5.74, 6) is 0.0217. The lowest BCUT2D eigenvalue weighted by Crippen LogP contribution is -2.23. The van der Waals surface area contributed by atoms with E-state index in [4.69, 9.17) is 5.73 Å². The van der Waals surface area contributed by atoms with E-state index in [2.05, 4.69) is 0 Å². The van der Waals surface area contributed by atoms with Crippen LogP contribution in [-0.4, -0.2) is 26.8 Å². The standard InChI is InChI=1S/C10H16N2O2S/c1-12(2)15(13,14)8-10-5-3-4-9(6-10)7-11/h3-6H,7-8,11H2,1-2H3. The van der Waals surface area contributed by atoms with Gasteiger partial charge in [-0.3, -0.25) is 0 Å². The fourth-order valence-corrected chi connectivity index (χ4v) is 2.05. The summed E-state index contributed by atoms with van der Waals surface area (Å²) in [7, 11) is -0.124. The predicted octanol–water partition coefficient (Wildman–Crippen LogP) is 0.537. The molecule has 0 spiro atoms. The van der Waals surface area contributed by atoms with E-state index in [1.807, 2.05) is 18.2 Å². The van der Waals surface area contributed by atoms with Crippen LogP contribution in [0.3, 0.4) is 0 Å². The quantitative estimate of drug-likeness (QED) is 0.818. The summed E-state index contributed by atoms with van der Waals surface area (Å²) in [5.41, 5.74) is 7.20. The molecule has 4 nitrogen and oxygen atoms in total. The van der Waals surface area contributed by atoms with Gasteiger partial charge in [-0.05, 0) is 11.1 Å². The number of rotatable bonds is 4. The summed E-state index contributed by atoms with van der Waals surface area (Å²) < 4.78 is 24.4. The second-order valence-corrected chi connectivity index (χ2v) is 5.75. The smallest absolute Gasteiger partial charge is 0.217 e. The second-order valence-electron chi connectivity index (χ2n) is 3.56. The molecule has 0 aliphatic carbocycles.